The Labute approximate surface area is 109 Å². The Morgan fingerprint density at radius 1 is 1.33 bits per heavy atom. The summed E-state index contributed by atoms with van der Waals surface area (Å²) in [7, 11) is 0. The largest absolute Gasteiger partial charge is 0.462 e. The summed E-state index contributed by atoms with van der Waals surface area (Å²) < 4.78 is 5.43. The molecule has 1 atom stereocenters. The van der Waals surface area contributed by atoms with E-state index in [9.17, 15) is 0 Å². The van der Waals surface area contributed by atoms with Gasteiger partial charge in [-0.3, -0.25) is 0 Å². The van der Waals surface area contributed by atoms with Crippen molar-refractivity contribution in [1.29, 1.82) is 0 Å². The van der Waals surface area contributed by atoms with Gasteiger partial charge in [0.2, 0.25) is 0 Å². The van der Waals surface area contributed by atoms with Crippen molar-refractivity contribution in [3.8, 4) is 0 Å². The molecule has 102 valence electrons. The van der Waals surface area contributed by atoms with Gasteiger partial charge in [0.15, 0.2) is 0 Å². The second-order valence-electron chi connectivity index (χ2n) is 5.27. The number of likely N-dealkylation sites (tertiary alicyclic amines) is 1. The van der Waals surface area contributed by atoms with Crippen molar-refractivity contribution in [2.24, 2.45) is 5.92 Å². The van der Waals surface area contributed by atoms with E-state index in [1.165, 1.54) is 32.5 Å². The van der Waals surface area contributed by atoms with Gasteiger partial charge in [-0.05, 0) is 50.5 Å². The van der Waals surface area contributed by atoms with Gasteiger partial charge < -0.3 is 19.7 Å². The zero-order chi connectivity index (χ0) is 12.8. The first-order chi connectivity index (χ1) is 8.78. The molecule has 4 heteroatoms. The van der Waals surface area contributed by atoms with Crippen LogP contribution in [0.5, 0.6) is 0 Å². The summed E-state index contributed by atoms with van der Waals surface area (Å²) in [5, 5.41) is 12.3. The third-order valence-electron chi connectivity index (χ3n) is 3.43. The molecule has 1 aromatic rings. The summed E-state index contributed by atoms with van der Waals surface area (Å²) in [5.41, 5.74) is 0. The van der Waals surface area contributed by atoms with Crippen LogP contribution in [-0.4, -0.2) is 36.2 Å². The third-order valence-corrected chi connectivity index (χ3v) is 3.43. The summed E-state index contributed by atoms with van der Waals surface area (Å²) in [6, 6.07) is 3.74. The van der Waals surface area contributed by atoms with Crippen LogP contribution in [0.2, 0.25) is 0 Å². The first-order valence-corrected chi connectivity index (χ1v) is 6.89. The fraction of sp³-hybridized carbons (Fsp3) is 0.714. The second-order valence-corrected chi connectivity index (χ2v) is 5.27. The van der Waals surface area contributed by atoms with Crippen molar-refractivity contribution < 1.29 is 9.52 Å². The molecule has 1 aromatic heterocycles. The van der Waals surface area contributed by atoms with E-state index in [-0.39, 0.29) is 6.61 Å². The lowest BCUT2D eigenvalue weighted by atomic mass is 10.1. The van der Waals surface area contributed by atoms with Crippen LogP contribution in [0, 0.1) is 5.92 Å². The molecule has 18 heavy (non-hydrogen) atoms. The van der Waals surface area contributed by atoms with Gasteiger partial charge in [0.25, 0.3) is 0 Å². The third kappa shape index (κ3) is 4.12. The fourth-order valence-electron chi connectivity index (χ4n) is 2.51. The number of hydrogen-bond donors (Lipinski definition) is 2. The van der Waals surface area contributed by atoms with Crippen molar-refractivity contribution in [1.82, 2.24) is 10.2 Å². The minimum Gasteiger partial charge on any atom is -0.462 e. The molecule has 4 nitrogen and oxygen atoms in total. The summed E-state index contributed by atoms with van der Waals surface area (Å²) >= 11 is 0. The maximum atomic E-state index is 8.90. The minimum atomic E-state index is -0.0225. The van der Waals surface area contributed by atoms with Crippen molar-refractivity contribution in [2.75, 3.05) is 26.2 Å². The number of aliphatic hydroxyl groups excluding tert-OH is 1. The molecule has 1 aliphatic heterocycles. The number of furan rings is 1. The molecule has 2 N–H and O–H groups in total. The monoisotopic (exact) mass is 252 g/mol. The smallest absolute Gasteiger partial charge is 0.129 e. The van der Waals surface area contributed by atoms with Crippen molar-refractivity contribution in [2.45, 2.75) is 32.9 Å². The summed E-state index contributed by atoms with van der Waals surface area (Å²) in [4.78, 5) is 2.54. The maximum absolute atomic E-state index is 8.90. The van der Waals surface area contributed by atoms with Crippen LogP contribution >= 0.6 is 0 Å². The zero-order valence-corrected chi connectivity index (χ0v) is 11.2. The lowest BCUT2D eigenvalue weighted by Crippen LogP contribution is -2.31. The standard InChI is InChI=1S/C14H24N2O2/c1-12(10-16-6-2-3-7-16)8-15-9-13-4-5-14(11-17)18-13/h4-5,12,15,17H,2-3,6-11H2,1H3. The van der Waals surface area contributed by atoms with Crippen LogP contribution in [0.15, 0.2) is 16.5 Å². The predicted octanol–water partition coefficient (Wildman–Crippen LogP) is 1.59. The molecule has 0 spiro atoms. The summed E-state index contributed by atoms with van der Waals surface area (Å²) in [6.07, 6.45) is 2.72. The molecule has 1 aliphatic rings. The molecule has 2 heterocycles. The molecule has 0 amide bonds. The molecule has 1 fully saturated rings. The van der Waals surface area contributed by atoms with Crippen LogP contribution in [0.1, 0.15) is 31.3 Å². The second kappa shape index (κ2) is 6.92. The van der Waals surface area contributed by atoms with E-state index >= 15 is 0 Å². The SMILES string of the molecule is CC(CNCc1ccc(CO)o1)CN1CCCC1. The van der Waals surface area contributed by atoms with Crippen LogP contribution in [-0.2, 0) is 13.2 Å². The molecule has 2 rings (SSSR count). The van der Waals surface area contributed by atoms with E-state index in [2.05, 4.69) is 17.1 Å². The van der Waals surface area contributed by atoms with Crippen molar-refractivity contribution in [3.63, 3.8) is 0 Å². The number of rotatable bonds is 7. The van der Waals surface area contributed by atoms with E-state index in [1.807, 2.05) is 12.1 Å². The Balaban J connectivity index is 1.61. The molecule has 1 unspecified atom stereocenters. The molecule has 0 aliphatic carbocycles. The van der Waals surface area contributed by atoms with Gasteiger partial charge in [0.05, 0.1) is 6.54 Å². The molecule has 0 radical (unpaired) electrons. The number of hydrogen-bond acceptors (Lipinski definition) is 4. The van der Waals surface area contributed by atoms with Crippen LogP contribution < -0.4 is 5.32 Å². The van der Waals surface area contributed by atoms with E-state index in [0.29, 0.717) is 11.7 Å². The molecule has 0 aromatic carbocycles. The normalized spacial score (nSPS) is 18.3. The van der Waals surface area contributed by atoms with E-state index in [4.69, 9.17) is 9.52 Å². The average molecular weight is 252 g/mol. The van der Waals surface area contributed by atoms with Crippen molar-refractivity contribution in [3.05, 3.63) is 23.7 Å². The highest BCUT2D eigenvalue weighted by molar-refractivity contribution is 5.05. The van der Waals surface area contributed by atoms with E-state index in [1.54, 1.807) is 0 Å². The summed E-state index contributed by atoms with van der Waals surface area (Å²) in [5.74, 6) is 2.19. The Morgan fingerprint density at radius 3 is 2.72 bits per heavy atom. The summed E-state index contributed by atoms with van der Waals surface area (Å²) in [6.45, 7) is 7.73. The molecule has 0 bridgehead atoms. The number of nitrogens with one attached hydrogen (secondary N) is 1. The van der Waals surface area contributed by atoms with Gasteiger partial charge in [0, 0.05) is 6.54 Å². The van der Waals surface area contributed by atoms with Gasteiger partial charge >= 0.3 is 0 Å². The van der Waals surface area contributed by atoms with Gasteiger partial charge in [-0.2, -0.15) is 0 Å². The Morgan fingerprint density at radius 2 is 2.06 bits per heavy atom. The van der Waals surface area contributed by atoms with Gasteiger partial charge in [0.1, 0.15) is 18.1 Å². The Hall–Kier alpha value is -0.840. The number of aliphatic hydroxyl groups is 1. The topological polar surface area (TPSA) is 48.6 Å². The molecule has 0 saturated carbocycles. The predicted molar refractivity (Wildman–Crippen MR) is 71.2 cm³/mol. The van der Waals surface area contributed by atoms with Crippen LogP contribution in [0.4, 0.5) is 0 Å². The minimum absolute atomic E-state index is 0.0225. The highest BCUT2D eigenvalue weighted by atomic mass is 16.4. The van der Waals surface area contributed by atoms with E-state index in [0.717, 1.165) is 18.8 Å². The fourth-order valence-corrected chi connectivity index (χ4v) is 2.51. The maximum Gasteiger partial charge on any atom is 0.129 e. The Bertz CT molecular complexity index is 345. The highest BCUT2D eigenvalue weighted by Gasteiger charge is 2.14. The Kier molecular flexibility index (Phi) is 5.23. The quantitative estimate of drug-likeness (QED) is 0.774. The van der Waals surface area contributed by atoms with Crippen molar-refractivity contribution >= 4 is 0 Å². The lowest BCUT2D eigenvalue weighted by Gasteiger charge is -2.20. The molecular formula is C14H24N2O2. The van der Waals surface area contributed by atoms with Gasteiger partial charge in [-0.15, -0.1) is 0 Å². The van der Waals surface area contributed by atoms with Gasteiger partial charge in [-0.25, -0.2) is 0 Å². The zero-order valence-electron chi connectivity index (χ0n) is 11.2. The lowest BCUT2D eigenvalue weighted by molar-refractivity contribution is 0.242. The first kappa shape index (κ1) is 13.6. The number of nitrogens with zero attached hydrogens (tertiary/aromatic N) is 1. The highest BCUT2D eigenvalue weighted by Crippen LogP contribution is 2.10. The molecular weight excluding hydrogens is 228 g/mol. The van der Waals surface area contributed by atoms with Gasteiger partial charge in [-0.1, -0.05) is 6.92 Å². The van der Waals surface area contributed by atoms with E-state index < -0.39 is 0 Å². The van der Waals surface area contributed by atoms with Crippen LogP contribution in [0.3, 0.4) is 0 Å². The van der Waals surface area contributed by atoms with Crippen LogP contribution in [0.25, 0.3) is 0 Å². The first-order valence-electron chi connectivity index (χ1n) is 6.89. The molecule has 1 saturated heterocycles. The average Bonchev–Trinajstić information content (AvgIpc) is 3.00.